The lowest BCUT2D eigenvalue weighted by Gasteiger charge is -2.33. The van der Waals surface area contributed by atoms with Crippen LogP contribution in [-0.4, -0.2) is 31.1 Å². The van der Waals surface area contributed by atoms with Crippen molar-refractivity contribution in [2.24, 2.45) is 0 Å². The van der Waals surface area contributed by atoms with Gasteiger partial charge in [-0.15, -0.1) is 0 Å². The zero-order chi connectivity index (χ0) is 38.0. The van der Waals surface area contributed by atoms with Gasteiger partial charge in [0.05, 0.1) is 0 Å². The number of carbonyl (C=O) groups excluding carboxylic acids is 4. The molecule has 0 aromatic heterocycles. The molecule has 10 aromatic carbocycles. The molecule has 0 radical (unpaired) electrons. The number of nitrogens with one attached hydrogen (secondary N) is 1. The monoisotopic (exact) mass is 732 g/mol. The van der Waals surface area contributed by atoms with Crippen LogP contribution in [0.5, 0.6) is 0 Å². The minimum Gasteiger partial charge on any atom is -0.311 e. The maximum Gasteiger partial charge on any atom is 0.258 e. The van der Waals surface area contributed by atoms with Crippen LogP contribution >= 0.6 is 0 Å². The van der Waals surface area contributed by atoms with Crippen LogP contribution in [0.1, 0.15) is 64.9 Å². The van der Waals surface area contributed by atoms with Gasteiger partial charge >= 0.3 is 0 Å². The average Bonchev–Trinajstić information content (AvgIpc) is 3.25. The second-order valence-electron chi connectivity index (χ2n) is 15.8. The molecule has 6 heteroatoms. The molecular formula is C51H28N2O4. The van der Waals surface area contributed by atoms with Crippen molar-refractivity contribution in [3.05, 3.63) is 154 Å². The molecule has 57 heavy (non-hydrogen) atoms. The van der Waals surface area contributed by atoms with Crippen molar-refractivity contribution in [2.75, 3.05) is 11.9 Å². The molecule has 6 nitrogen and oxygen atoms in total. The van der Waals surface area contributed by atoms with Gasteiger partial charge in [-0.2, -0.15) is 0 Å². The minimum absolute atomic E-state index is 0.129. The summed E-state index contributed by atoms with van der Waals surface area (Å²) in [6, 6.07) is 38.8. The lowest BCUT2D eigenvalue weighted by molar-refractivity contribution is 0.0843. The van der Waals surface area contributed by atoms with Gasteiger partial charge in [0.25, 0.3) is 17.7 Å². The van der Waals surface area contributed by atoms with Crippen LogP contribution in [0.3, 0.4) is 0 Å². The largest absolute Gasteiger partial charge is 0.311 e. The van der Waals surface area contributed by atoms with Crippen LogP contribution < -0.4 is 15.4 Å². The van der Waals surface area contributed by atoms with E-state index in [1.807, 2.05) is 66.7 Å². The molecule has 3 aliphatic rings. The van der Waals surface area contributed by atoms with Gasteiger partial charge in [0, 0.05) is 51.7 Å². The Morgan fingerprint density at radius 3 is 1.84 bits per heavy atom. The van der Waals surface area contributed by atoms with Gasteiger partial charge in [-0.1, -0.05) is 91.0 Å². The predicted molar refractivity (Wildman–Crippen MR) is 228 cm³/mol. The fourth-order valence-corrected chi connectivity index (χ4v) is 11.0. The van der Waals surface area contributed by atoms with Crippen LogP contribution in [0.25, 0.3) is 92.6 Å². The number of anilines is 1. The fraction of sp³-hybridized carbons (Fsp3) is 0.0588. The van der Waals surface area contributed by atoms with Crippen LogP contribution in [0.4, 0.5) is 5.69 Å². The fourth-order valence-electron chi connectivity index (χ4n) is 11.0. The number of fused-ring (bicyclic) bond motifs is 6. The molecule has 266 valence electrons. The van der Waals surface area contributed by atoms with E-state index < -0.39 is 0 Å². The van der Waals surface area contributed by atoms with Gasteiger partial charge in [-0.05, 0) is 129 Å². The smallest absolute Gasteiger partial charge is 0.258 e. The Morgan fingerprint density at radius 1 is 0.579 bits per heavy atom. The topological polar surface area (TPSA) is 83.6 Å². The number of benzene rings is 10. The van der Waals surface area contributed by atoms with Gasteiger partial charge in [0.15, 0.2) is 6.29 Å². The van der Waals surface area contributed by atoms with E-state index in [2.05, 4.69) is 59.9 Å². The summed E-state index contributed by atoms with van der Waals surface area (Å²) >= 11 is 0. The lowest BCUT2D eigenvalue weighted by atomic mass is 9.69. The van der Waals surface area contributed by atoms with Crippen molar-refractivity contribution in [1.29, 1.82) is 0 Å². The highest BCUT2D eigenvalue weighted by atomic mass is 16.2. The third-order valence-corrected chi connectivity index (χ3v) is 13.3. The molecule has 0 spiro atoms. The number of rotatable bonds is 3. The van der Waals surface area contributed by atoms with E-state index in [-0.39, 0.29) is 23.6 Å². The number of nitrogens with zero attached hydrogens (tertiary/aromatic N) is 1. The number of aldehydes is 1. The summed E-state index contributed by atoms with van der Waals surface area (Å²) in [7, 11) is 1.77. The first kappa shape index (κ1) is 30.8. The van der Waals surface area contributed by atoms with Crippen LogP contribution in [-0.2, 0) is 0 Å². The number of hydrogen-bond acceptors (Lipinski definition) is 4. The van der Waals surface area contributed by atoms with E-state index >= 15 is 0 Å². The number of carbonyl (C=O) groups is 4. The van der Waals surface area contributed by atoms with Crippen LogP contribution in [0.15, 0.2) is 115 Å². The maximum absolute atomic E-state index is 14.2. The summed E-state index contributed by atoms with van der Waals surface area (Å²) in [6.45, 7) is 0. The molecule has 0 saturated carbocycles. The first-order valence-electron chi connectivity index (χ1n) is 19.2. The van der Waals surface area contributed by atoms with Crippen LogP contribution in [0, 0.1) is 0 Å². The molecule has 1 unspecified atom stereocenters. The van der Waals surface area contributed by atoms with Crippen molar-refractivity contribution in [1.82, 2.24) is 5.32 Å². The highest BCUT2D eigenvalue weighted by Crippen LogP contribution is 2.54. The Kier molecular flexibility index (Phi) is 5.65. The van der Waals surface area contributed by atoms with Gasteiger partial charge in [0.1, 0.15) is 0 Å². The molecule has 0 saturated heterocycles. The van der Waals surface area contributed by atoms with Crippen LogP contribution in [0.2, 0.25) is 0 Å². The standard InChI is InChI=1S/C51H28N2O4/c1-53(25-5-3-2-4-6-25)51(57)40-22-19-27-29-10-12-31-33-14-16-35-37-18-21-39-48-38(49(55)52-50(39)56)20-17-36(47(37)48)34-15-13-32(45(33)46(34)35)30-11-9-28(43(29)44(30)31)26-8-7-24(23-54)41(40)42(26)27/h2-13,15-23,33H,14H2,1H3,(H,52,55,56). The zero-order valence-corrected chi connectivity index (χ0v) is 30.5. The van der Waals surface area contributed by atoms with Crippen molar-refractivity contribution >= 4 is 111 Å². The maximum atomic E-state index is 14.2. The molecule has 1 atom stereocenters. The molecule has 2 aliphatic carbocycles. The quantitative estimate of drug-likeness (QED) is 0.0849. The first-order valence-corrected chi connectivity index (χ1v) is 19.2. The predicted octanol–water partition coefficient (Wildman–Crippen LogP) is 10.2. The number of amides is 3. The van der Waals surface area contributed by atoms with Crippen molar-refractivity contribution in [3.63, 3.8) is 0 Å². The second kappa shape index (κ2) is 10.4. The first-order chi connectivity index (χ1) is 27.9. The molecular weight excluding hydrogens is 705 g/mol. The lowest BCUT2D eigenvalue weighted by Crippen LogP contribution is -2.34. The van der Waals surface area contributed by atoms with E-state index in [0.717, 1.165) is 77.5 Å². The number of imide groups is 1. The number of para-hydroxylation sites is 1. The van der Waals surface area contributed by atoms with Gasteiger partial charge < -0.3 is 4.90 Å². The molecule has 1 aliphatic heterocycles. The zero-order valence-electron chi connectivity index (χ0n) is 30.5. The van der Waals surface area contributed by atoms with E-state index in [1.165, 1.54) is 38.4 Å². The Bertz CT molecular complexity index is 3640. The van der Waals surface area contributed by atoms with Crippen molar-refractivity contribution < 1.29 is 19.2 Å². The minimum atomic E-state index is -0.352. The summed E-state index contributed by atoms with van der Waals surface area (Å²) in [5.74, 6) is -0.746. The molecule has 13 rings (SSSR count). The summed E-state index contributed by atoms with van der Waals surface area (Å²) < 4.78 is 0. The average molecular weight is 733 g/mol. The summed E-state index contributed by atoms with van der Waals surface area (Å²) in [4.78, 5) is 54.5. The highest BCUT2D eigenvalue weighted by Gasteiger charge is 2.34. The summed E-state index contributed by atoms with van der Waals surface area (Å²) in [5, 5.41) is 18.2. The molecule has 3 amide bonds. The Morgan fingerprint density at radius 2 is 1.14 bits per heavy atom. The van der Waals surface area contributed by atoms with E-state index in [4.69, 9.17) is 0 Å². The van der Waals surface area contributed by atoms with E-state index in [1.54, 1.807) is 11.9 Å². The third kappa shape index (κ3) is 3.62. The molecule has 10 aromatic rings. The Hall–Kier alpha value is -7.44. The van der Waals surface area contributed by atoms with E-state index in [0.29, 0.717) is 27.6 Å². The van der Waals surface area contributed by atoms with Gasteiger partial charge in [-0.25, -0.2) is 0 Å². The number of hydrogen-bond donors (Lipinski definition) is 1. The molecule has 0 bridgehead atoms. The highest BCUT2D eigenvalue weighted by molar-refractivity contribution is 6.38. The third-order valence-electron chi connectivity index (χ3n) is 13.3. The van der Waals surface area contributed by atoms with Gasteiger partial charge in [-0.3, -0.25) is 24.5 Å². The molecule has 1 heterocycles. The summed E-state index contributed by atoms with van der Waals surface area (Å²) in [6.07, 6.45) is 4.03. The second-order valence-corrected chi connectivity index (χ2v) is 15.8. The molecule has 0 fully saturated rings. The van der Waals surface area contributed by atoms with E-state index in [9.17, 15) is 19.2 Å². The molecule has 1 N–H and O–H groups in total. The Labute approximate surface area is 323 Å². The van der Waals surface area contributed by atoms with Gasteiger partial charge in [0.2, 0.25) is 0 Å². The van der Waals surface area contributed by atoms with Crippen molar-refractivity contribution in [2.45, 2.75) is 12.3 Å². The summed E-state index contributed by atoms with van der Waals surface area (Å²) in [5.41, 5.74) is 7.89. The SMILES string of the molecule is CN(C(=O)c1ccc2c3ccc4c5c(ccc(c6ccc(C=O)c1c62)c53)-c1ccc2c3c1C4CC=c3c1ccc3c4c(ccc2c41)C(=O)NC3=O)c1ccccc1. The normalized spacial score (nSPS) is 15.4. The van der Waals surface area contributed by atoms with Crippen molar-refractivity contribution in [3.8, 4) is 11.1 Å². The Balaban J connectivity index is 1.09.